The summed E-state index contributed by atoms with van der Waals surface area (Å²) in [5, 5.41) is 3.65. The van der Waals surface area contributed by atoms with Crippen molar-refractivity contribution < 1.29 is 4.39 Å². The van der Waals surface area contributed by atoms with Crippen LogP contribution in [-0.2, 0) is 0 Å². The zero-order chi connectivity index (χ0) is 13.1. The van der Waals surface area contributed by atoms with Crippen LogP contribution in [0.15, 0.2) is 24.3 Å². The lowest BCUT2D eigenvalue weighted by atomic mass is 9.88. The average molecular weight is 261 g/mol. The zero-order valence-electron chi connectivity index (χ0n) is 11.6. The fraction of sp³-hybridized carbons (Fsp3) is 0.647. The lowest BCUT2D eigenvalue weighted by molar-refractivity contribution is 0.426. The number of hydrogen-bond donors (Lipinski definition) is 1. The summed E-state index contributed by atoms with van der Waals surface area (Å²) in [6.45, 7) is 1.06. The molecular formula is C17H24FN. The first-order valence-electron chi connectivity index (χ1n) is 7.80. The van der Waals surface area contributed by atoms with Crippen LogP contribution in [0.2, 0.25) is 0 Å². The van der Waals surface area contributed by atoms with Crippen LogP contribution < -0.4 is 5.32 Å². The third kappa shape index (κ3) is 3.79. The summed E-state index contributed by atoms with van der Waals surface area (Å²) in [4.78, 5) is 0. The largest absolute Gasteiger partial charge is 0.313 e. The van der Waals surface area contributed by atoms with E-state index in [1.165, 1.54) is 50.5 Å². The maximum atomic E-state index is 13.1. The Bertz CT molecular complexity index is 390. The van der Waals surface area contributed by atoms with Gasteiger partial charge < -0.3 is 5.32 Å². The average Bonchev–Trinajstić information content (AvgIpc) is 3.11. The Morgan fingerprint density at radius 3 is 2.37 bits per heavy atom. The van der Waals surface area contributed by atoms with Gasteiger partial charge in [-0.2, -0.15) is 0 Å². The van der Waals surface area contributed by atoms with Crippen molar-refractivity contribution in [3.8, 4) is 0 Å². The van der Waals surface area contributed by atoms with E-state index in [9.17, 15) is 4.39 Å². The van der Waals surface area contributed by atoms with E-state index in [0.29, 0.717) is 5.92 Å². The molecule has 0 radical (unpaired) electrons. The van der Waals surface area contributed by atoms with Gasteiger partial charge in [-0.3, -0.25) is 0 Å². The van der Waals surface area contributed by atoms with Crippen molar-refractivity contribution in [2.75, 3.05) is 6.54 Å². The molecule has 0 bridgehead atoms. The first-order chi connectivity index (χ1) is 9.31. The van der Waals surface area contributed by atoms with Gasteiger partial charge in [0, 0.05) is 12.6 Å². The molecule has 2 fully saturated rings. The van der Waals surface area contributed by atoms with E-state index in [1.54, 1.807) is 12.1 Å². The van der Waals surface area contributed by atoms with Gasteiger partial charge >= 0.3 is 0 Å². The van der Waals surface area contributed by atoms with Crippen molar-refractivity contribution in [2.45, 2.75) is 56.9 Å². The third-order valence-electron chi connectivity index (χ3n) is 4.66. The molecule has 0 heterocycles. The first-order valence-corrected chi connectivity index (χ1v) is 7.80. The summed E-state index contributed by atoms with van der Waals surface area (Å²) in [5.74, 6) is 1.32. The lowest BCUT2D eigenvalue weighted by Gasteiger charge is -2.21. The Morgan fingerprint density at radius 1 is 1.05 bits per heavy atom. The second-order valence-electron chi connectivity index (χ2n) is 6.32. The summed E-state index contributed by atoms with van der Waals surface area (Å²) in [6, 6.07) is 7.92. The smallest absolute Gasteiger partial charge is 0.123 e. The molecule has 1 N–H and O–H groups in total. The molecule has 0 aromatic heterocycles. The van der Waals surface area contributed by atoms with Crippen LogP contribution in [0.1, 0.15) is 56.4 Å². The van der Waals surface area contributed by atoms with Crippen molar-refractivity contribution in [3.05, 3.63) is 35.6 Å². The predicted octanol–water partition coefficient (Wildman–Crippen LogP) is 4.24. The maximum Gasteiger partial charge on any atom is 0.123 e. The second-order valence-corrected chi connectivity index (χ2v) is 6.32. The van der Waals surface area contributed by atoms with Crippen molar-refractivity contribution in [2.24, 2.45) is 5.92 Å². The number of nitrogens with one attached hydrogen (secondary N) is 1. The molecule has 0 saturated heterocycles. The van der Waals surface area contributed by atoms with Crippen molar-refractivity contribution in [3.63, 3.8) is 0 Å². The minimum Gasteiger partial charge on any atom is -0.313 e. The molecule has 2 aliphatic carbocycles. The molecule has 0 amide bonds. The number of benzene rings is 1. The lowest BCUT2D eigenvalue weighted by Crippen LogP contribution is -2.24. The zero-order valence-corrected chi connectivity index (χ0v) is 11.6. The van der Waals surface area contributed by atoms with E-state index in [4.69, 9.17) is 0 Å². The Morgan fingerprint density at radius 2 is 1.74 bits per heavy atom. The maximum absolute atomic E-state index is 13.1. The van der Waals surface area contributed by atoms with Crippen molar-refractivity contribution in [1.29, 1.82) is 0 Å². The summed E-state index contributed by atoms with van der Waals surface area (Å²) < 4.78 is 13.1. The minimum absolute atomic E-state index is 0.126. The molecule has 1 aromatic rings. The van der Waals surface area contributed by atoms with E-state index in [2.05, 4.69) is 5.32 Å². The van der Waals surface area contributed by atoms with Gasteiger partial charge in [-0.15, -0.1) is 0 Å². The van der Waals surface area contributed by atoms with E-state index >= 15 is 0 Å². The predicted molar refractivity (Wildman–Crippen MR) is 76.7 cm³/mol. The van der Waals surface area contributed by atoms with Gasteiger partial charge in [0.1, 0.15) is 5.82 Å². The summed E-state index contributed by atoms with van der Waals surface area (Å²) in [6.07, 6.45) is 9.51. The van der Waals surface area contributed by atoms with E-state index in [1.807, 2.05) is 12.1 Å². The van der Waals surface area contributed by atoms with E-state index in [-0.39, 0.29) is 5.82 Å². The topological polar surface area (TPSA) is 12.0 Å². The molecule has 19 heavy (non-hydrogen) atoms. The highest BCUT2D eigenvalue weighted by atomic mass is 19.1. The Hall–Kier alpha value is -0.890. The van der Waals surface area contributed by atoms with Crippen LogP contribution in [0, 0.1) is 11.7 Å². The molecule has 1 aromatic carbocycles. The van der Waals surface area contributed by atoms with Crippen LogP contribution in [0.3, 0.4) is 0 Å². The molecule has 2 aliphatic rings. The van der Waals surface area contributed by atoms with Gasteiger partial charge in [0.2, 0.25) is 0 Å². The molecule has 2 heteroatoms. The van der Waals surface area contributed by atoms with Crippen LogP contribution in [0.5, 0.6) is 0 Å². The highest BCUT2D eigenvalue weighted by Gasteiger charge is 2.25. The Balaban J connectivity index is 1.64. The molecule has 104 valence electrons. The van der Waals surface area contributed by atoms with Crippen LogP contribution in [0.25, 0.3) is 0 Å². The van der Waals surface area contributed by atoms with Gasteiger partial charge in [-0.05, 0) is 48.8 Å². The Labute approximate surface area is 115 Å². The standard InChI is InChI=1S/C17H24FN/c18-16-7-5-14(6-8-16)15(12-19-17-9-10-17)11-13-3-1-2-4-13/h5-8,13,15,17,19H,1-4,9-12H2. The molecule has 0 aliphatic heterocycles. The summed E-state index contributed by atoms with van der Waals surface area (Å²) >= 11 is 0. The molecule has 1 unspecified atom stereocenters. The van der Waals surface area contributed by atoms with E-state index < -0.39 is 0 Å². The minimum atomic E-state index is -0.126. The van der Waals surface area contributed by atoms with Crippen LogP contribution in [-0.4, -0.2) is 12.6 Å². The SMILES string of the molecule is Fc1ccc(C(CNC2CC2)CC2CCCC2)cc1. The van der Waals surface area contributed by atoms with E-state index in [0.717, 1.165) is 18.5 Å². The van der Waals surface area contributed by atoms with Gasteiger partial charge in [-0.1, -0.05) is 37.8 Å². The first kappa shape index (κ1) is 13.1. The van der Waals surface area contributed by atoms with Crippen LogP contribution >= 0.6 is 0 Å². The van der Waals surface area contributed by atoms with Gasteiger partial charge in [-0.25, -0.2) is 4.39 Å². The number of rotatable bonds is 6. The molecule has 2 saturated carbocycles. The summed E-state index contributed by atoms with van der Waals surface area (Å²) in [5.41, 5.74) is 1.31. The Kier molecular flexibility index (Phi) is 4.17. The van der Waals surface area contributed by atoms with Crippen molar-refractivity contribution in [1.82, 2.24) is 5.32 Å². The van der Waals surface area contributed by atoms with Gasteiger partial charge in [0.25, 0.3) is 0 Å². The number of halogens is 1. The normalized spacial score (nSPS) is 21.7. The summed E-state index contributed by atoms with van der Waals surface area (Å²) in [7, 11) is 0. The molecule has 1 nitrogen and oxygen atoms in total. The fourth-order valence-electron chi connectivity index (χ4n) is 3.32. The highest BCUT2D eigenvalue weighted by molar-refractivity contribution is 5.21. The van der Waals surface area contributed by atoms with Crippen LogP contribution in [0.4, 0.5) is 4.39 Å². The van der Waals surface area contributed by atoms with Gasteiger partial charge in [0.05, 0.1) is 0 Å². The third-order valence-corrected chi connectivity index (χ3v) is 4.66. The van der Waals surface area contributed by atoms with Gasteiger partial charge in [0.15, 0.2) is 0 Å². The molecule has 0 spiro atoms. The fourth-order valence-corrected chi connectivity index (χ4v) is 3.32. The molecule has 1 atom stereocenters. The molecule has 3 rings (SSSR count). The number of hydrogen-bond acceptors (Lipinski definition) is 1. The quantitative estimate of drug-likeness (QED) is 0.807. The highest BCUT2D eigenvalue weighted by Crippen LogP contribution is 2.34. The molecular weight excluding hydrogens is 237 g/mol. The monoisotopic (exact) mass is 261 g/mol. The van der Waals surface area contributed by atoms with Crippen molar-refractivity contribution >= 4 is 0 Å². The second kappa shape index (κ2) is 6.04.